The Hall–Kier alpha value is -4.76. The fraction of sp³-hybridized carbons (Fsp3) is 0. The number of hydrogen-bond acceptors (Lipinski definition) is 2. The number of fused-ring (bicyclic) bond motifs is 7. The molecular weight excluding hydrogens is 545 g/mol. The zero-order valence-electron chi connectivity index (χ0n) is 22.7. The van der Waals surface area contributed by atoms with Crippen LogP contribution < -0.4 is 0 Å². The lowest BCUT2D eigenvalue weighted by Crippen LogP contribution is -1.91. The van der Waals surface area contributed by atoms with E-state index in [0.717, 1.165) is 0 Å². The molecule has 196 valence electrons. The van der Waals surface area contributed by atoms with E-state index in [1.54, 1.807) is 0 Å². The molecule has 0 fully saturated rings. The van der Waals surface area contributed by atoms with Crippen LogP contribution in [0.2, 0.25) is 0 Å². The van der Waals surface area contributed by atoms with Crippen molar-refractivity contribution in [2.45, 2.75) is 0 Å². The Kier molecular flexibility index (Phi) is 5.34. The summed E-state index contributed by atoms with van der Waals surface area (Å²) in [4.78, 5) is 1.31. The molecule has 0 N–H and O–H groups in total. The molecule has 0 saturated carbocycles. The summed E-state index contributed by atoms with van der Waals surface area (Å²) >= 11 is 3.83. The van der Waals surface area contributed by atoms with Crippen LogP contribution in [0.3, 0.4) is 0 Å². The van der Waals surface area contributed by atoms with Gasteiger partial charge < -0.3 is 0 Å². The number of rotatable bonds is 3. The fourth-order valence-corrected chi connectivity index (χ4v) is 9.14. The van der Waals surface area contributed by atoms with Gasteiger partial charge in [-0.15, -0.1) is 22.7 Å². The standard InChI is InChI=1S/C40H24S2/c1-3-13-25(14-4-1)35-24-33-32(23-36-39(40(33)42-35)31-21-11-12-22-34(31)41-36)38-29-19-9-7-17-27(29)37(26-15-5-2-6-16-26)28-18-8-10-20-30(28)38/h1-24H. The topological polar surface area (TPSA) is 0 Å². The van der Waals surface area contributed by atoms with Crippen LogP contribution in [0.25, 0.3) is 84.5 Å². The van der Waals surface area contributed by atoms with Gasteiger partial charge >= 0.3 is 0 Å². The molecule has 0 saturated heterocycles. The predicted octanol–water partition coefficient (Wildman–Crippen LogP) is 12.6. The molecule has 2 heterocycles. The average Bonchev–Trinajstić information content (AvgIpc) is 3.66. The molecule has 0 atom stereocenters. The summed E-state index contributed by atoms with van der Waals surface area (Å²) in [5.74, 6) is 0. The van der Waals surface area contributed by atoms with E-state index in [-0.39, 0.29) is 0 Å². The Bertz CT molecular complexity index is 2390. The largest absolute Gasteiger partial charge is 0.135 e. The normalized spacial score (nSPS) is 11.8. The van der Waals surface area contributed by atoms with E-state index >= 15 is 0 Å². The van der Waals surface area contributed by atoms with Crippen molar-refractivity contribution in [2.75, 3.05) is 0 Å². The van der Waals surface area contributed by atoms with E-state index in [9.17, 15) is 0 Å². The third-order valence-corrected chi connectivity index (χ3v) is 10.8. The molecule has 0 aliphatic rings. The van der Waals surface area contributed by atoms with E-state index in [1.165, 1.54) is 84.5 Å². The third kappa shape index (κ3) is 3.53. The van der Waals surface area contributed by atoms with Gasteiger partial charge in [-0.1, -0.05) is 127 Å². The van der Waals surface area contributed by atoms with Crippen LogP contribution in [-0.2, 0) is 0 Å². The van der Waals surface area contributed by atoms with Gasteiger partial charge in [-0.3, -0.25) is 0 Å². The summed E-state index contributed by atoms with van der Waals surface area (Å²) in [5.41, 5.74) is 6.46. The van der Waals surface area contributed by atoms with Crippen molar-refractivity contribution in [2.24, 2.45) is 0 Å². The smallest absolute Gasteiger partial charge is 0.0448 e. The van der Waals surface area contributed by atoms with E-state index in [4.69, 9.17) is 0 Å². The monoisotopic (exact) mass is 568 g/mol. The van der Waals surface area contributed by atoms with Crippen molar-refractivity contribution >= 4 is 74.5 Å². The van der Waals surface area contributed by atoms with E-state index in [1.807, 2.05) is 22.7 Å². The number of thiophene rings is 2. The molecule has 7 aromatic carbocycles. The van der Waals surface area contributed by atoms with Gasteiger partial charge in [-0.2, -0.15) is 0 Å². The van der Waals surface area contributed by atoms with Crippen molar-refractivity contribution in [1.82, 2.24) is 0 Å². The molecule has 9 aromatic rings. The van der Waals surface area contributed by atoms with Gasteiger partial charge in [0.2, 0.25) is 0 Å². The van der Waals surface area contributed by atoms with Crippen molar-refractivity contribution in [3.63, 3.8) is 0 Å². The van der Waals surface area contributed by atoms with Crippen LogP contribution in [-0.4, -0.2) is 0 Å². The SMILES string of the molecule is c1ccc(-c2cc3c(-c4c5ccccc5c(-c5ccccc5)c5ccccc45)cc4sc5ccccc5c4c3s2)cc1. The van der Waals surface area contributed by atoms with Gasteiger partial charge in [-0.05, 0) is 67.6 Å². The van der Waals surface area contributed by atoms with Crippen LogP contribution in [0, 0.1) is 0 Å². The maximum Gasteiger partial charge on any atom is 0.0448 e. The van der Waals surface area contributed by atoms with Crippen LogP contribution in [0.4, 0.5) is 0 Å². The van der Waals surface area contributed by atoms with Gasteiger partial charge in [0.25, 0.3) is 0 Å². The number of benzene rings is 7. The van der Waals surface area contributed by atoms with Gasteiger partial charge in [0.1, 0.15) is 0 Å². The van der Waals surface area contributed by atoms with Crippen LogP contribution in [0.5, 0.6) is 0 Å². The molecule has 0 unspecified atom stereocenters. The van der Waals surface area contributed by atoms with Crippen LogP contribution >= 0.6 is 22.7 Å². The first kappa shape index (κ1) is 23.9. The summed E-state index contributed by atoms with van der Waals surface area (Å²) in [5, 5.41) is 9.24. The van der Waals surface area contributed by atoms with E-state index < -0.39 is 0 Å². The Morgan fingerprint density at radius 3 is 1.52 bits per heavy atom. The predicted molar refractivity (Wildman–Crippen MR) is 186 cm³/mol. The second-order valence-corrected chi connectivity index (χ2v) is 13.0. The first-order valence-electron chi connectivity index (χ1n) is 14.3. The first-order valence-corrected chi connectivity index (χ1v) is 15.9. The van der Waals surface area contributed by atoms with Gasteiger partial charge in [-0.25, -0.2) is 0 Å². The summed E-state index contributed by atoms with van der Waals surface area (Å²) in [6, 6.07) is 53.4. The maximum absolute atomic E-state index is 2.47. The highest BCUT2D eigenvalue weighted by atomic mass is 32.1. The van der Waals surface area contributed by atoms with Crippen LogP contribution in [0.1, 0.15) is 0 Å². The fourth-order valence-electron chi connectivity index (χ4n) is 6.67. The summed E-state index contributed by atoms with van der Waals surface area (Å²) in [6.07, 6.45) is 0. The molecule has 0 nitrogen and oxygen atoms in total. The molecule has 0 spiro atoms. The second kappa shape index (κ2) is 9.39. The maximum atomic E-state index is 2.47. The highest BCUT2D eigenvalue weighted by Crippen LogP contribution is 2.51. The first-order chi connectivity index (χ1) is 20.8. The van der Waals surface area contributed by atoms with Crippen molar-refractivity contribution in [1.29, 1.82) is 0 Å². The highest BCUT2D eigenvalue weighted by molar-refractivity contribution is 7.28. The highest BCUT2D eigenvalue weighted by Gasteiger charge is 2.21. The molecule has 2 heteroatoms. The molecule has 0 amide bonds. The van der Waals surface area contributed by atoms with Gasteiger partial charge in [0, 0.05) is 35.1 Å². The third-order valence-electron chi connectivity index (χ3n) is 8.47. The molecule has 9 rings (SSSR count). The number of hydrogen-bond donors (Lipinski definition) is 0. The molecule has 0 radical (unpaired) electrons. The van der Waals surface area contributed by atoms with Crippen molar-refractivity contribution < 1.29 is 0 Å². The summed E-state index contributed by atoms with van der Waals surface area (Å²) in [6.45, 7) is 0. The zero-order chi connectivity index (χ0) is 27.6. The van der Waals surface area contributed by atoms with E-state index in [0.29, 0.717) is 0 Å². The zero-order valence-corrected chi connectivity index (χ0v) is 24.3. The molecular formula is C40H24S2. The Labute approximate surface area is 251 Å². The Morgan fingerprint density at radius 2 is 0.881 bits per heavy atom. The molecule has 0 aliphatic carbocycles. The second-order valence-electron chi connectivity index (χ2n) is 10.8. The minimum Gasteiger partial charge on any atom is -0.135 e. The van der Waals surface area contributed by atoms with Crippen molar-refractivity contribution in [3.8, 4) is 32.7 Å². The average molecular weight is 569 g/mol. The van der Waals surface area contributed by atoms with Crippen molar-refractivity contribution in [3.05, 3.63) is 146 Å². The summed E-state index contributed by atoms with van der Waals surface area (Å²) in [7, 11) is 0. The lowest BCUT2D eigenvalue weighted by atomic mass is 9.85. The molecule has 2 aromatic heterocycles. The minimum atomic E-state index is 1.25. The quantitative estimate of drug-likeness (QED) is 0.186. The lowest BCUT2D eigenvalue weighted by Gasteiger charge is -2.18. The Morgan fingerprint density at radius 1 is 0.357 bits per heavy atom. The molecule has 42 heavy (non-hydrogen) atoms. The van der Waals surface area contributed by atoms with Gasteiger partial charge in [0.15, 0.2) is 0 Å². The van der Waals surface area contributed by atoms with E-state index in [2.05, 4.69) is 146 Å². The lowest BCUT2D eigenvalue weighted by molar-refractivity contribution is 1.67. The van der Waals surface area contributed by atoms with Crippen LogP contribution in [0.15, 0.2) is 146 Å². The molecule has 0 bridgehead atoms. The Balaban J connectivity index is 1.48. The van der Waals surface area contributed by atoms with Gasteiger partial charge in [0.05, 0.1) is 0 Å². The minimum absolute atomic E-state index is 1.25. The molecule has 0 aliphatic heterocycles. The summed E-state index contributed by atoms with van der Waals surface area (Å²) < 4.78 is 4.06.